The zero-order valence-corrected chi connectivity index (χ0v) is 15.5. The first-order chi connectivity index (χ1) is 13.0. The average Bonchev–Trinajstić information content (AvgIpc) is 3.26. The highest BCUT2D eigenvalue weighted by Gasteiger charge is 2.44. The van der Waals surface area contributed by atoms with E-state index >= 15 is 0 Å². The molecule has 0 saturated carbocycles. The second-order valence-electron chi connectivity index (χ2n) is 6.17. The molecule has 0 spiro atoms. The minimum atomic E-state index is -1.69. The van der Waals surface area contributed by atoms with E-state index in [2.05, 4.69) is 4.98 Å². The molecule has 0 saturated heterocycles. The van der Waals surface area contributed by atoms with Crippen molar-refractivity contribution in [3.63, 3.8) is 0 Å². The van der Waals surface area contributed by atoms with Crippen molar-refractivity contribution in [1.82, 2.24) is 10.5 Å². The van der Waals surface area contributed by atoms with Gasteiger partial charge in [-0.05, 0) is 23.6 Å². The van der Waals surface area contributed by atoms with Gasteiger partial charge in [0, 0.05) is 11.6 Å². The van der Waals surface area contributed by atoms with Crippen molar-refractivity contribution in [3.8, 4) is 11.1 Å². The monoisotopic (exact) mass is 384 g/mol. The van der Waals surface area contributed by atoms with Crippen LogP contribution in [0.5, 0.6) is 0 Å². The summed E-state index contributed by atoms with van der Waals surface area (Å²) in [5.41, 5.74) is 2.88. The van der Waals surface area contributed by atoms with Crippen molar-refractivity contribution in [2.24, 2.45) is 0 Å². The summed E-state index contributed by atoms with van der Waals surface area (Å²) in [4.78, 5) is 16.2. The molecule has 0 bridgehead atoms. The highest BCUT2D eigenvalue weighted by molar-refractivity contribution is 7.09. The molecule has 6 nitrogen and oxygen atoms in total. The van der Waals surface area contributed by atoms with E-state index in [0.29, 0.717) is 5.01 Å². The molecule has 7 heteroatoms. The molecule has 2 aromatic carbocycles. The zero-order chi connectivity index (χ0) is 19.3. The van der Waals surface area contributed by atoms with Crippen LogP contribution in [0, 0.1) is 0 Å². The Hall–Kier alpha value is -2.58. The molecule has 1 heterocycles. The lowest BCUT2D eigenvalue weighted by Gasteiger charge is -2.31. The molecule has 0 aliphatic carbocycles. The van der Waals surface area contributed by atoms with Crippen molar-refractivity contribution >= 4 is 17.2 Å². The number of thiazole rings is 1. The smallest absolute Gasteiger partial charge is 0.278 e. The molecule has 140 valence electrons. The highest BCUT2D eigenvalue weighted by atomic mass is 32.1. The Bertz CT molecular complexity index is 869. The molecule has 2 atom stereocenters. The Balaban J connectivity index is 1.75. The van der Waals surface area contributed by atoms with Gasteiger partial charge in [0.1, 0.15) is 11.1 Å². The number of ether oxygens (including phenoxy) is 1. The molecule has 0 aliphatic heterocycles. The Labute approximate surface area is 161 Å². The molecule has 1 amide bonds. The molecular weight excluding hydrogens is 364 g/mol. The van der Waals surface area contributed by atoms with Gasteiger partial charge in [0.2, 0.25) is 0 Å². The number of aliphatic hydroxyl groups excluding tert-OH is 1. The van der Waals surface area contributed by atoms with Crippen molar-refractivity contribution in [2.45, 2.75) is 25.2 Å². The van der Waals surface area contributed by atoms with Gasteiger partial charge in [0.15, 0.2) is 5.60 Å². The zero-order valence-electron chi connectivity index (χ0n) is 14.7. The minimum absolute atomic E-state index is 0.0847. The summed E-state index contributed by atoms with van der Waals surface area (Å²) in [6.07, 6.45) is 0.219. The van der Waals surface area contributed by atoms with Crippen LogP contribution in [-0.4, -0.2) is 26.8 Å². The summed E-state index contributed by atoms with van der Waals surface area (Å²) in [6, 6.07) is 17.7. The Morgan fingerprint density at radius 3 is 2.44 bits per heavy atom. The average molecular weight is 384 g/mol. The second kappa shape index (κ2) is 8.41. The highest BCUT2D eigenvalue weighted by Crippen LogP contribution is 2.32. The normalized spacial score (nSPS) is 14.3. The van der Waals surface area contributed by atoms with E-state index < -0.39 is 17.6 Å². The number of carbonyl (C=O) groups excluding carboxylic acids is 1. The van der Waals surface area contributed by atoms with Crippen molar-refractivity contribution < 1.29 is 19.8 Å². The standard InChI is InChI=1S/C20H20N2O4S/c1-20(19(24)22-25,17(23)18-21-11-12-27-18)26-13-14-7-9-16(10-8-14)15-5-3-2-4-6-15/h2-12,17,23,25H,13H2,1H3,(H,22,24)/t17-,20+/m1/s1. The minimum Gasteiger partial charge on any atom is -0.382 e. The van der Waals surface area contributed by atoms with Gasteiger partial charge in [-0.15, -0.1) is 11.3 Å². The lowest BCUT2D eigenvalue weighted by atomic mass is 9.98. The third-order valence-corrected chi connectivity index (χ3v) is 5.19. The lowest BCUT2D eigenvalue weighted by Crippen LogP contribution is -2.50. The van der Waals surface area contributed by atoms with Crippen LogP contribution < -0.4 is 5.48 Å². The summed E-state index contributed by atoms with van der Waals surface area (Å²) < 4.78 is 5.74. The molecule has 0 radical (unpaired) electrons. The Morgan fingerprint density at radius 2 is 1.85 bits per heavy atom. The van der Waals surface area contributed by atoms with Crippen LogP contribution in [0.2, 0.25) is 0 Å². The number of nitrogens with one attached hydrogen (secondary N) is 1. The number of hydroxylamine groups is 1. The van der Waals surface area contributed by atoms with Crippen LogP contribution in [0.3, 0.4) is 0 Å². The van der Waals surface area contributed by atoms with E-state index in [4.69, 9.17) is 9.94 Å². The molecule has 27 heavy (non-hydrogen) atoms. The van der Waals surface area contributed by atoms with Gasteiger partial charge in [-0.25, -0.2) is 10.5 Å². The molecule has 0 fully saturated rings. The first-order valence-electron chi connectivity index (χ1n) is 8.35. The number of hydrogen-bond donors (Lipinski definition) is 3. The number of nitrogens with zero attached hydrogens (tertiary/aromatic N) is 1. The third-order valence-electron chi connectivity index (χ3n) is 4.36. The van der Waals surface area contributed by atoms with Crippen molar-refractivity contribution in [2.75, 3.05) is 0 Å². The topological polar surface area (TPSA) is 91.7 Å². The van der Waals surface area contributed by atoms with E-state index in [-0.39, 0.29) is 6.61 Å². The fourth-order valence-corrected chi connectivity index (χ4v) is 3.38. The van der Waals surface area contributed by atoms with Crippen LogP contribution in [-0.2, 0) is 16.1 Å². The fourth-order valence-electron chi connectivity index (χ4n) is 2.64. The third kappa shape index (κ3) is 4.23. The van der Waals surface area contributed by atoms with Crippen LogP contribution in [0.25, 0.3) is 11.1 Å². The summed E-state index contributed by atoms with van der Waals surface area (Å²) >= 11 is 1.20. The Kier molecular flexibility index (Phi) is 5.98. The van der Waals surface area contributed by atoms with Crippen molar-refractivity contribution in [1.29, 1.82) is 0 Å². The van der Waals surface area contributed by atoms with Gasteiger partial charge in [-0.3, -0.25) is 10.0 Å². The number of benzene rings is 2. The predicted octanol–water partition coefficient (Wildman–Crippen LogP) is 3.32. The molecule has 3 N–H and O–H groups in total. The lowest BCUT2D eigenvalue weighted by molar-refractivity contribution is -0.173. The van der Waals surface area contributed by atoms with Crippen LogP contribution in [0.15, 0.2) is 66.2 Å². The maximum Gasteiger partial charge on any atom is 0.278 e. The first kappa shape index (κ1) is 19.2. The number of hydrogen-bond acceptors (Lipinski definition) is 6. The number of amides is 1. The van der Waals surface area contributed by atoms with E-state index in [1.165, 1.54) is 24.5 Å². The molecule has 0 aliphatic rings. The second-order valence-corrected chi connectivity index (χ2v) is 7.10. The molecule has 3 aromatic rings. The fraction of sp³-hybridized carbons (Fsp3) is 0.200. The summed E-state index contributed by atoms with van der Waals surface area (Å²) in [5, 5.41) is 21.6. The maximum atomic E-state index is 12.2. The Morgan fingerprint density at radius 1 is 1.19 bits per heavy atom. The van der Waals surface area contributed by atoms with Crippen LogP contribution in [0.1, 0.15) is 23.6 Å². The van der Waals surface area contributed by atoms with Gasteiger partial charge < -0.3 is 9.84 Å². The van der Waals surface area contributed by atoms with Gasteiger partial charge >= 0.3 is 0 Å². The molecular formula is C20H20N2O4S. The van der Waals surface area contributed by atoms with E-state index in [1.54, 1.807) is 10.9 Å². The largest absolute Gasteiger partial charge is 0.382 e. The first-order valence-corrected chi connectivity index (χ1v) is 9.23. The molecule has 3 rings (SSSR count). The number of rotatable bonds is 7. The predicted molar refractivity (Wildman–Crippen MR) is 102 cm³/mol. The molecule has 0 unspecified atom stereocenters. The van der Waals surface area contributed by atoms with Crippen LogP contribution >= 0.6 is 11.3 Å². The van der Waals surface area contributed by atoms with Crippen molar-refractivity contribution in [3.05, 3.63) is 76.7 Å². The van der Waals surface area contributed by atoms with E-state index in [9.17, 15) is 9.90 Å². The summed E-state index contributed by atoms with van der Waals surface area (Å²) in [7, 11) is 0. The van der Waals surface area contributed by atoms with Gasteiger partial charge in [0.05, 0.1) is 6.61 Å². The van der Waals surface area contributed by atoms with E-state index in [1.807, 2.05) is 54.6 Å². The summed E-state index contributed by atoms with van der Waals surface area (Å²) in [6.45, 7) is 1.50. The van der Waals surface area contributed by atoms with Gasteiger partial charge in [0.25, 0.3) is 5.91 Å². The maximum absolute atomic E-state index is 12.2. The number of aromatic nitrogens is 1. The van der Waals surface area contributed by atoms with Crippen LogP contribution in [0.4, 0.5) is 0 Å². The van der Waals surface area contributed by atoms with Gasteiger partial charge in [-0.2, -0.15) is 0 Å². The number of carbonyl (C=O) groups is 1. The molecule has 1 aromatic heterocycles. The SMILES string of the molecule is C[C@@](OCc1ccc(-c2ccccc2)cc1)(C(=O)NO)[C@H](O)c1nccs1. The van der Waals surface area contributed by atoms with Gasteiger partial charge in [-0.1, -0.05) is 54.6 Å². The van der Waals surface area contributed by atoms with E-state index in [0.717, 1.165) is 16.7 Å². The summed E-state index contributed by atoms with van der Waals surface area (Å²) in [5.74, 6) is -0.842. The quantitative estimate of drug-likeness (QED) is 0.429. The number of aliphatic hydroxyl groups is 1.